The van der Waals surface area contributed by atoms with Gasteiger partial charge in [-0.05, 0) is 42.2 Å². The second kappa shape index (κ2) is 6.29. The summed E-state index contributed by atoms with van der Waals surface area (Å²) in [5, 5.41) is 10.0. The topological polar surface area (TPSA) is 46.2 Å². The van der Waals surface area contributed by atoms with Crippen molar-refractivity contribution in [3.8, 4) is 11.1 Å². The molecule has 19 heavy (non-hydrogen) atoms. The molecule has 0 aromatic heterocycles. The largest absolute Gasteiger partial charge is 0.398 e. The summed E-state index contributed by atoms with van der Waals surface area (Å²) in [6.07, 6.45) is 1.48. The summed E-state index contributed by atoms with van der Waals surface area (Å²) < 4.78 is 0. The van der Waals surface area contributed by atoms with Crippen LogP contribution in [0, 0.1) is 0 Å². The number of aliphatic hydroxyl groups is 1. The fourth-order valence-electron chi connectivity index (χ4n) is 2.10. The maximum atomic E-state index is 8.97. The summed E-state index contributed by atoms with van der Waals surface area (Å²) in [5.41, 5.74) is 9.79. The number of aliphatic hydroxyl groups excluding tert-OH is 1. The van der Waals surface area contributed by atoms with Crippen molar-refractivity contribution in [1.82, 2.24) is 0 Å². The average Bonchev–Trinajstić information content (AvgIpc) is 2.40. The number of hydrogen-bond donors (Lipinski definition) is 2. The van der Waals surface area contributed by atoms with E-state index in [1.54, 1.807) is 6.07 Å². The van der Waals surface area contributed by atoms with Gasteiger partial charge in [-0.2, -0.15) is 0 Å². The van der Waals surface area contributed by atoms with Crippen LogP contribution in [0.1, 0.15) is 12.0 Å². The summed E-state index contributed by atoms with van der Waals surface area (Å²) in [6.45, 7) is 0.162. The highest BCUT2D eigenvalue weighted by Crippen LogP contribution is 2.34. The minimum Gasteiger partial charge on any atom is -0.398 e. The fraction of sp³-hybridized carbons (Fsp3) is 0.200. The van der Waals surface area contributed by atoms with E-state index in [1.165, 1.54) is 0 Å². The lowest BCUT2D eigenvalue weighted by atomic mass is 9.95. The number of halogens is 2. The number of nitrogen functional groups attached to an aromatic ring is 1. The van der Waals surface area contributed by atoms with Gasteiger partial charge in [0.2, 0.25) is 0 Å². The van der Waals surface area contributed by atoms with Crippen LogP contribution < -0.4 is 5.73 Å². The van der Waals surface area contributed by atoms with E-state index in [-0.39, 0.29) is 6.61 Å². The molecule has 0 radical (unpaired) electrons. The van der Waals surface area contributed by atoms with E-state index in [2.05, 4.69) is 0 Å². The number of rotatable bonds is 4. The molecule has 4 heteroatoms. The van der Waals surface area contributed by atoms with Gasteiger partial charge in [0.1, 0.15) is 0 Å². The van der Waals surface area contributed by atoms with Gasteiger partial charge >= 0.3 is 0 Å². The lowest BCUT2D eigenvalue weighted by Gasteiger charge is -2.13. The van der Waals surface area contributed by atoms with Gasteiger partial charge in [-0.1, -0.05) is 41.4 Å². The Kier molecular flexibility index (Phi) is 4.70. The zero-order valence-corrected chi connectivity index (χ0v) is 11.9. The van der Waals surface area contributed by atoms with Crippen molar-refractivity contribution in [2.24, 2.45) is 0 Å². The Hall–Kier alpha value is -1.22. The van der Waals surface area contributed by atoms with E-state index in [0.29, 0.717) is 22.2 Å². The fourth-order valence-corrected chi connectivity index (χ4v) is 2.40. The van der Waals surface area contributed by atoms with Crippen LogP contribution in [0.3, 0.4) is 0 Å². The molecule has 2 rings (SSSR count). The van der Waals surface area contributed by atoms with Crippen LogP contribution in [0.25, 0.3) is 11.1 Å². The van der Waals surface area contributed by atoms with Crippen LogP contribution in [0.5, 0.6) is 0 Å². The summed E-state index contributed by atoms with van der Waals surface area (Å²) in [7, 11) is 0. The molecule has 0 bridgehead atoms. The first-order chi connectivity index (χ1) is 9.13. The lowest BCUT2D eigenvalue weighted by Crippen LogP contribution is -1.98. The highest BCUT2D eigenvalue weighted by Gasteiger charge is 2.10. The van der Waals surface area contributed by atoms with Gasteiger partial charge in [0.15, 0.2) is 0 Å². The van der Waals surface area contributed by atoms with Crippen LogP contribution in [-0.4, -0.2) is 11.7 Å². The zero-order valence-electron chi connectivity index (χ0n) is 10.4. The third-order valence-electron chi connectivity index (χ3n) is 3.00. The zero-order chi connectivity index (χ0) is 13.8. The highest BCUT2D eigenvalue weighted by atomic mass is 35.5. The first-order valence-electron chi connectivity index (χ1n) is 6.07. The molecule has 0 atom stereocenters. The molecule has 0 heterocycles. The van der Waals surface area contributed by atoms with Crippen molar-refractivity contribution in [3.05, 3.63) is 52.0 Å². The smallest absolute Gasteiger partial charge is 0.0598 e. The van der Waals surface area contributed by atoms with Crippen LogP contribution >= 0.6 is 23.2 Å². The molecular formula is C15H15Cl2NO. The Morgan fingerprint density at radius 2 is 1.84 bits per heavy atom. The van der Waals surface area contributed by atoms with Crippen LogP contribution in [0.15, 0.2) is 36.4 Å². The second-order valence-electron chi connectivity index (χ2n) is 4.34. The van der Waals surface area contributed by atoms with Gasteiger partial charge in [-0.3, -0.25) is 0 Å². The first kappa shape index (κ1) is 14.2. The monoisotopic (exact) mass is 295 g/mol. The molecule has 3 N–H and O–H groups in total. The molecule has 0 spiro atoms. The van der Waals surface area contributed by atoms with Gasteiger partial charge in [-0.25, -0.2) is 0 Å². The summed E-state index contributed by atoms with van der Waals surface area (Å²) in [4.78, 5) is 0. The van der Waals surface area contributed by atoms with Crippen molar-refractivity contribution in [2.45, 2.75) is 12.8 Å². The molecule has 2 nitrogen and oxygen atoms in total. The number of nitrogens with two attached hydrogens (primary N) is 1. The molecule has 0 saturated heterocycles. The normalized spacial score (nSPS) is 10.7. The minimum absolute atomic E-state index is 0.162. The third-order valence-corrected chi connectivity index (χ3v) is 3.73. The molecule has 2 aromatic carbocycles. The Morgan fingerprint density at radius 1 is 1.05 bits per heavy atom. The standard InChI is InChI=1S/C15H15Cl2NO/c16-12-7-6-11(9-13(12)17)15-10(4-2-8-19)3-1-5-14(15)18/h1,3,5-7,9,19H,2,4,8,18H2. The predicted octanol–water partition coefficient (Wildman–Crippen LogP) is 4.17. The minimum atomic E-state index is 0.162. The Labute approximate surface area is 122 Å². The van der Waals surface area contributed by atoms with Gasteiger partial charge in [0, 0.05) is 17.9 Å². The van der Waals surface area contributed by atoms with E-state index in [0.717, 1.165) is 23.1 Å². The van der Waals surface area contributed by atoms with Gasteiger partial charge in [-0.15, -0.1) is 0 Å². The van der Waals surface area contributed by atoms with E-state index < -0.39 is 0 Å². The number of anilines is 1. The third kappa shape index (κ3) is 3.21. The molecule has 0 amide bonds. The summed E-state index contributed by atoms with van der Waals surface area (Å²) in [6, 6.07) is 11.3. The van der Waals surface area contributed by atoms with E-state index >= 15 is 0 Å². The highest BCUT2D eigenvalue weighted by molar-refractivity contribution is 6.42. The first-order valence-corrected chi connectivity index (χ1v) is 6.82. The number of aryl methyl sites for hydroxylation is 1. The Bertz CT molecular complexity index is 584. The van der Waals surface area contributed by atoms with Gasteiger partial charge in [0.05, 0.1) is 10.0 Å². The quantitative estimate of drug-likeness (QED) is 0.832. The van der Waals surface area contributed by atoms with Crippen LogP contribution in [-0.2, 0) is 6.42 Å². The number of hydrogen-bond acceptors (Lipinski definition) is 2. The van der Waals surface area contributed by atoms with Crippen molar-refractivity contribution in [1.29, 1.82) is 0 Å². The maximum Gasteiger partial charge on any atom is 0.0598 e. The molecule has 0 fully saturated rings. The van der Waals surface area contributed by atoms with Crippen molar-refractivity contribution < 1.29 is 5.11 Å². The Balaban J connectivity index is 2.50. The van der Waals surface area contributed by atoms with E-state index in [4.69, 9.17) is 34.0 Å². The molecule has 2 aromatic rings. The van der Waals surface area contributed by atoms with E-state index in [9.17, 15) is 0 Å². The molecule has 0 unspecified atom stereocenters. The van der Waals surface area contributed by atoms with Gasteiger partial charge < -0.3 is 10.8 Å². The maximum absolute atomic E-state index is 8.97. The second-order valence-corrected chi connectivity index (χ2v) is 5.15. The van der Waals surface area contributed by atoms with Crippen molar-refractivity contribution >= 4 is 28.9 Å². The molecular weight excluding hydrogens is 281 g/mol. The predicted molar refractivity (Wildman–Crippen MR) is 81.7 cm³/mol. The van der Waals surface area contributed by atoms with Gasteiger partial charge in [0.25, 0.3) is 0 Å². The van der Waals surface area contributed by atoms with Crippen molar-refractivity contribution in [3.63, 3.8) is 0 Å². The van der Waals surface area contributed by atoms with E-state index in [1.807, 2.05) is 30.3 Å². The molecule has 0 aliphatic rings. The molecule has 100 valence electrons. The molecule has 0 aliphatic heterocycles. The Morgan fingerprint density at radius 3 is 2.53 bits per heavy atom. The average molecular weight is 296 g/mol. The SMILES string of the molecule is Nc1cccc(CCCO)c1-c1ccc(Cl)c(Cl)c1. The van der Waals surface area contributed by atoms with Crippen LogP contribution in [0.2, 0.25) is 10.0 Å². The number of benzene rings is 2. The summed E-state index contributed by atoms with van der Waals surface area (Å²) in [5.74, 6) is 0. The summed E-state index contributed by atoms with van der Waals surface area (Å²) >= 11 is 12.0. The van der Waals surface area contributed by atoms with Crippen LogP contribution in [0.4, 0.5) is 5.69 Å². The lowest BCUT2D eigenvalue weighted by molar-refractivity contribution is 0.288. The molecule has 0 aliphatic carbocycles. The molecule has 0 saturated carbocycles. The van der Waals surface area contributed by atoms with Crippen molar-refractivity contribution in [2.75, 3.05) is 12.3 Å².